The van der Waals surface area contributed by atoms with Gasteiger partial charge in [-0.2, -0.15) is 0 Å². The normalized spacial score (nSPS) is 11.6. The minimum atomic E-state index is 1.15. The van der Waals surface area contributed by atoms with Crippen LogP contribution in [0.1, 0.15) is 0 Å². The van der Waals surface area contributed by atoms with Gasteiger partial charge in [-0.05, 0) is 81.9 Å². The summed E-state index contributed by atoms with van der Waals surface area (Å²) in [6.45, 7) is 0. The number of nitrogens with zero attached hydrogens (tertiary/aromatic N) is 2. The average molecular weight is 637 g/mol. The Balaban J connectivity index is 1.22. The predicted molar refractivity (Wildman–Crippen MR) is 211 cm³/mol. The van der Waals surface area contributed by atoms with Gasteiger partial charge >= 0.3 is 0 Å². The molecule has 0 unspecified atom stereocenters. The van der Waals surface area contributed by atoms with E-state index in [0.29, 0.717) is 0 Å². The molecule has 0 amide bonds. The van der Waals surface area contributed by atoms with Gasteiger partial charge in [0.2, 0.25) is 0 Å². The lowest BCUT2D eigenvalue weighted by Crippen LogP contribution is -1.96. The Morgan fingerprint density at radius 3 is 1.48 bits per heavy atom. The molecule has 10 rings (SSSR count). The molecule has 0 bridgehead atoms. The van der Waals surface area contributed by atoms with Gasteiger partial charge < -0.3 is 9.13 Å². The number of aromatic nitrogens is 2. The Labute approximate surface area is 290 Å². The van der Waals surface area contributed by atoms with Crippen molar-refractivity contribution in [1.82, 2.24) is 9.13 Å². The van der Waals surface area contributed by atoms with Crippen LogP contribution in [0.3, 0.4) is 0 Å². The van der Waals surface area contributed by atoms with Crippen LogP contribution in [-0.4, -0.2) is 9.13 Å². The van der Waals surface area contributed by atoms with Gasteiger partial charge in [-0.3, -0.25) is 0 Å². The number of rotatable bonds is 5. The quantitative estimate of drug-likeness (QED) is 0.178. The molecule has 0 aliphatic heterocycles. The molecule has 2 heteroatoms. The zero-order valence-corrected chi connectivity index (χ0v) is 27.4. The van der Waals surface area contributed by atoms with Crippen molar-refractivity contribution in [2.75, 3.05) is 0 Å². The van der Waals surface area contributed by atoms with Gasteiger partial charge in [-0.25, -0.2) is 0 Å². The molecule has 0 spiro atoms. The van der Waals surface area contributed by atoms with Crippen LogP contribution in [0.25, 0.3) is 88.4 Å². The van der Waals surface area contributed by atoms with Crippen LogP contribution < -0.4 is 0 Å². The SMILES string of the molecule is c1ccc(-c2ccc(-n3c4ccccc4c4c(-n5c6ccccc6c6c(-c7cccc(-c8ccccc8)c7)cccc65)cccc43)cc2)cc1. The summed E-state index contributed by atoms with van der Waals surface area (Å²) in [5, 5.41) is 5.00. The van der Waals surface area contributed by atoms with Crippen LogP contribution in [0.4, 0.5) is 0 Å². The van der Waals surface area contributed by atoms with E-state index in [9.17, 15) is 0 Å². The highest BCUT2D eigenvalue weighted by molar-refractivity contribution is 6.19. The van der Waals surface area contributed by atoms with Gasteiger partial charge in [0.05, 0.1) is 27.8 Å². The second-order valence-electron chi connectivity index (χ2n) is 12.9. The number of para-hydroxylation sites is 2. The van der Waals surface area contributed by atoms with Crippen molar-refractivity contribution in [2.24, 2.45) is 0 Å². The Bertz CT molecular complexity index is 2840. The molecule has 0 radical (unpaired) electrons. The van der Waals surface area contributed by atoms with Gasteiger partial charge in [-0.15, -0.1) is 0 Å². The summed E-state index contributed by atoms with van der Waals surface area (Å²) in [7, 11) is 0. The summed E-state index contributed by atoms with van der Waals surface area (Å²) in [5.74, 6) is 0. The lowest BCUT2D eigenvalue weighted by molar-refractivity contribution is 1.17. The number of hydrogen-bond acceptors (Lipinski definition) is 0. The third-order valence-corrected chi connectivity index (χ3v) is 10.1. The maximum Gasteiger partial charge on any atom is 0.0562 e. The van der Waals surface area contributed by atoms with Crippen LogP contribution in [0.5, 0.6) is 0 Å². The highest BCUT2D eigenvalue weighted by atomic mass is 15.0. The standard InChI is InChI=1S/C48H32N2/c1-3-14-33(15-4-1)35-28-30-38(31-29-35)49-42-23-9-8-21-41(42)48-45(49)26-13-27-46(48)50-43-24-10-7-20-40(43)47-39(22-12-25-44(47)50)37-19-11-18-36(32-37)34-16-5-2-6-17-34/h1-32H. The molecule has 0 saturated heterocycles. The monoisotopic (exact) mass is 636 g/mol. The zero-order valence-electron chi connectivity index (χ0n) is 27.4. The molecule has 2 heterocycles. The van der Waals surface area contributed by atoms with Crippen LogP contribution >= 0.6 is 0 Å². The van der Waals surface area contributed by atoms with Crippen LogP contribution in [0.15, 0.2) is 194 Å². The molecule has 0 saturated carbocycles. The van der Waals surface area contributed by atoms with Crippen molar-refractivity contribution in [2.45, 2.75) is 0 Å². The molecule has 0 aliphatic rings. The molecule has 2 nitrogen and oxygen atoms in total. The molecule has 10 aromatic rings. The van der Waals surface area contributed by atoms with E-state index in [-0.39, 0.29) is 0 Å². The second-order valence-corrected chi connectivity index (χ2v) is 12.9. The van der Waals surface area contributed by atoms with Crippen LogP contribution in [-0.2, 0) is 0 Å². The topological polar surface area (TPSA) is 9.86 Å². The van der Waals surface area contributed by atoms with E-state index in [1.165, 1.54) is 82.7 Å². The Kier molecular flexibility index (Phi) is 6.53. The van der Waals surface area contributed by atoms with Gasteiger partial charge in [-0.1, -0.05) is 146 Å². The minimum absolute atomic E-state index is 1.15. The summed E-state index contributed by atoms with van der Waals surface area (Å²) in [6, 6.07) is 70.3. The van der Waals surface area contributed by atoms with E-state index >= 15 is 0 Å². The van der Waals surface area contributed by atoms with Crippen molar-refractivity contribution in [3.8, 4) is 44.8 Å². The molecule has 0 N–H and O–H groups in total. The van der Waals surface area contributed by atoms with Crippen molar-refractivity contribution >= 4 is 43.6 Å². The number of hydrogen-bond donors (Lipinski definition) is 0. The fraction of sp³-hybridized carbons (Fsp3) is 0. The fourth-order valence-electron chi connectivity index (χ4n) is 7.91. The van der Waals surface area contributed by atoms with E-state index in [4.69, 9.17) is 0 Å². The summed E-state index contributed by atoms with van der Waals surface area (Å²) < 4.78 is 4.89. The smallest absolute Gasteiger partial charge is 0.0562 e. The molecule has 2 aromatic heterocycles. The van der Waals surface area contributed by atoms with Gasteiger partial charge in [0.25, 0.3) is 0 Å². The molecule has 0 aliphatic carbocycles. The lowest BCUT2D eigenvalue weighted by atomic mass is 9.96. The number of fused-ring (bicyclic) bond motifs is 6. The first kappa shape index (κ1) is 28.4. The third-order valence-electron chi connectivity index (χ3n) is 10.1. The summed E-state index contributed by atoms with van der Waals surface area (Å²) in [4.78, 5) is 0. The maximum atomic E-state index is 2.48. The highest BCUT2D eigenvalue weighted by Gasteiger charge is 2.21. The van der Waals surface area contributed by atoms with Crippen molar-refractivity contribution in [1.29, 1.82) is 0 Å². The highest BCUT2D eigenvalue weighted by Crippen LogP contribution is 2.43. The van der Waals surface area contributed by atoms with Gasteiger partial charge in [0, 0.05) is 27.2 Å². The van der Waals surface area contributed by atoms with E-state index in [0.717, 1.165) is 5.69 Å². The largest absolute Gasteiger partial charge is 0.309 e. The Morgan fingerprint density at radius 1 is 0.280 bits per heavy atom. The molecule has 8 aromatic carbocycles. The molecule has 50 heavy (non-hydrogen) atoms. The van der Waals surface area contributed by atoms with Gasteiger partial charge in [0.15, 0.2) is 0 Å². The first-order chi connectivity index (χ1) is 24.8. The number of benzene rings is 8. The van der Waals surface area contributed by atoms with Crippen LogP contribution in [0.2, 0.25) is 0 Å². The predicted octanol–water partition coefficient (Wildman–Crippen LogP) is 12.9. The van der Waals surface area contributed by atoms with Crippen molar-refractivity contribution in [3.05, 3.63) is 194 Å². The van der Waals surface area contributed by atoms with E-state index in [2.05, 4.69) is 203 Å². The first-order valence-corrected chi connectivity index (χ1v) is 17.2. The van der Waals surface area contributed by atoms with Crippen LogP contribution in [0, 0.1) is 0 Å². The summed E-state index contributed by atoms with van der Waals surface area (Å²) >= 11 is 0. The molecular formula is C48H32N2. The lowest BCUT2D eigenvalue weighted by Gasteiger charge is -2.12. The van der Waals surface area contributed by atoms with E-state index in [1.54, 1.807) is 0 Å². The molecular weight excluding hydrogens is 605 g/mol. The maximum absolute atomic E-state index is 2.48. The van der Waals surface area contributed by atoms with Crippen molar-refractivity contribution < 1.29 is 0 Å². The van der Waals surface area contributed by atoms with Gasteiger partial charge in [0.1, 0.15) is 0 Å². The average Bonchev–Trinajstić information content (AvgIpc) is 3.72. The van der Waals surface area contributed by atoms with E-state index < -0.39 is 0 Å². The first-order valence-electron chi connectivity index (χ1n) is 17.2. The Hall–Kier alpha value is -6.64. The molecule has 0 atom stereocenters. The second kappa shape index (κ2) is 11.5. The Morgan fingerprint density at radius 2 is 0.760 bits per heavy atom. The molecule has 234 valence electrons. The molecule has 0 fully saturated rings. The fourth-order valence-corrected chi connectivity index (χ4v) is 7.91. The zero-order chi connectivity index (χ0) is 33.0. The summed E-state index contributed by atoms with van der Waals surface area (Å²) in [6.07, 6.45) is 0. The third kappa shape index (κ3) is 4.43. The van der Waals surface area contributed by atoms with E-state index in [1.807, 2.05) is 0 Å². The minimum Gasteiger partial charge on any atom is -0.309 e. The summed E-state index contributed by atoms with van der Waals surface area (Å²) in [5.41, 5.74) is 14.5. The van der Waals surface area contributed by atoms with Crippen molar-refractivity contribution in [3.63, 3.8) is 0 Å².